The van der Waals surface area contributed by atoms with E-state index in [1.165, 1.54) is 12.8 Å². The van der Waals surface area contributed by atoms with Gasteiger partial charge in [-0.05, 0) is 51.6 Å². The van der Waals surface area contributed by atoms with Crippen LogP contribution in [0.4, 0.5) is 0 Å². The average molecular weight is 294 g/mol. The first-order chi connectivity index (χ1) is 8.72. The first-order valence-corrected chi connectivity index (χ1v) is 7.28. The molecule has 1 unspecified atom stereocenters. The number of rotatable bonds is 8. The lowest BCUT2D eigenvalue weighted by Crippen LogP contribution is -2.26. The predicted octanol–water partition coefficient (Wildman–Crippen LogP) is 2.94. The van der Waals surface area contributed by atoms with Crippen LogP contribution in [-0.2, 0) is 9.53 Å². The van der Waals surface area contributed by atoms with Crippen molar-refractivity contribution in [3.63, 3.8) is 0 Å². The minimum absolute atomic E-state index is 0. The molecule has 0 bridgehead atoms. The lowest BCUT2D eigenvalue weighted by Gasteiger charge is -2.19. The zero-order valence-corrected chi connectivity index (χ0v) is 12.8. The Morgan fingerprint density at radius 3 is 2.79 bits per heavy atom. The molecule has 1 saturated heterocycles. The van der Waals surface area contributed by atoms with E-state index in [4.69, 9.17) is 9.84 Å². The summed E-state index contributed by atoms with van der Waals surface area (Å²) in [6.07, 6.45) is 7.12. The van der Waals surface area contributed by atoms with E-state index in [-0.39, 0.29) is 12.4 Å². The normalized spacial score (nSPS) is 20.6. The molecule has 1 N–H and O–H groups in total. The maximum absolute atomic E-state index is 10.4. The highest BCUT2D eigenvalue weighted by molar-refractivity contribution is 5.85. The summed E-state index contributed by atoms with van der Waals surface area (Å²) in [5, 5.41) is 8.58. The van der Waals surface area contributed by atoms with Gasteiger partial charge in [-0.25, -0.2) is 0 Å². The first-order valence-electron chi connectivity index (χ1n) is 7.28. The van der Waals surface area contributed by atoms with Crippen molar-refractivity contribution in [3.05, 3.63) is 0 Å². The molecule has 0 aliphatic carbocycles. The molecular formula is C14H28ClNO3. The fourth-order valence-electron chi connectivity index (χ4n) is 2.41. The van der Waals surface area contributed by atoms with Gasteiger partial charge in [0.25, 0.3) is 0 Å². The molecule has 0 aromatic rings. The van der Waals surface area contributed by atoms with E-state index in [0.717, 1.165) is 51.9 Å². The number of nitrogens with zero attached hydrogens (tertiary/aromatic N) is 1. The number of unbranched alkanes of at least 4 members (excludes halogenated alkanes) is 1. The van der Waals surface area contributed by atoms with E-state index < -0.39 is 5.97 Å². The number of ether oxygens (including phenoxy) is 1. The topological polar surface area (TPSA) is 49.8 Å². The van der Waals surface area contributed by atoms with Crippen molar-refractivity contribution in [1.82, 2.24) is 4.90 Å². The molecule has 0 spiro atoms. The maximum atomic E-state index is 10.4. The fourth-order valence-corrected chi connectivity index (χ4v) is 2.41. The minimum atomic E-state index is -0.682. The lowest BCUT2D eigenvalue weighted by molar-refractivity contribution is -0.137. The van der Waals surface area contributed by atoms with Crippen LogP contribution in [0.5, 0.6) is 0 Å². The summed E-state index contributed by atoms with van der Waals surface area (Å²) in [5.74, 6) is -0.682. The third-order valence-electron chi connectivity index (χ3n) is 3.44. The monoisotopic (exact) mass is 293 g/mol. The Balaban J connectivity index is 0.00000324. The Morgan fingerprint density at radius 1 is 1.32 bits per heavy atom. The van der Waals surface area contributed by atoms with Crippen molar-refractivity contribution in [2.24, 2.45) is 0 Å². The van der Waals surface area contributed by atoms with Crippen LogP contribution in [0.3, 0.4) is 0 Å². The molecule has 114 valence electrons. The van der Waals surface area contributed by atoms with Crippen molar-refractivity contribution >= 4 is 18.4 Å². The molecule has 5 heteroatoms. The predicted molar refractivity (Wildman–Crippen MR) is 79.1 cm³/mol. The highest BCUT2D eigenvalue weighted by Gasteiger charge is 2.16. The van der Waals surface area contributed by atoms with Crippen molar-refractivity contribution in [3.8, 4) is 0 Å². The van der Waals surface area contributed by atoms with Gasteiger partial charge in [0, 0.05) is 19.6 Å². The van der Waals surface area contributed by atoms with Crippen LogP contribution in [0, 0.1) is 0 Å². The number of hydrogen-bond acceptors (Lipinski definition) is 3. The van der Waals surface area contributed by atoms with Crippen LogP contribution in [0.1, 0.15) is 51.9 Å². The lowest BCUT2D eigenvalue weighted by atomic mass is 10.1. The zero-order valence-electron chi connectivity index (χ0n) is 12.0. The number of carboxylic acid groups (broad SMARTS) is 1. The second kappa shape index (κ2) is 11.5. The van der Waals surface area contributed by atoms with E-state index in [9.17, 15) is 4.79 Å². The Morgan fingerprint density at radius 2 is 2.11 bits per heavy atom. The zero-order chi connectivity index (χ0) is 13.2. The van der Waals surface area contributed by atoms with E-state index in [1.54, 1.807) is 0 Å². The van der Waals surface area contributed by atoms with Gasteiger partial charge < -0.3 is 14.7 Å². The molecule has 4 nitrogen and oxygen atoms in total. The Labute approximate surface area is 122 Å². The van der Waals surface area contributed by atoms with Gasteiger partial charge in [0.15, 0.2) is 0 Å². The quantitative estimate of drug-likeness (QED) is 0.699. The number of carboxylic acids is 1. The van der Waals surface area contributed by atoms with Crippen LogP contribution in [0.25, 0.3) is 0 Å². The van der Waals surface area contributed by atoms with Crippen molar-refractivity contribution < 1.29 is 14.6 Å². The maximum Gasteiger partial charge on any atom is 0.303 e. The molecular weight excluding hydrogens is 266 g/mol. The molecule has 19 heavy (non-hydrogen) atoms. The smallest absolute Gasteiger partial charge is 0.303 e. The fraction of sp³-hybridized carbons (Fsp3) is 0.929. The number of halogens is 1. The molecule has 1 atom stereocenters. The van der Waals surface area contributed by atoms with Crippen LogP contribution in [-0.4, -0.2) is 48.3 Å². The number of carbonyl (C=O) groups is 1. The van der Waals surface area contributed by atoms with Crippen LogP contribution < -0.4 is 0 Å². The summed E-state index contributed by atoms with van der Waals surface area (Å²) in [6, 6.07) is 0. The van der Waals surface area contributed by atoms with E-state index >= 15 is 0 Å². The van der Waals surface area contributed by atoms with Gasteiger partial charge >= 0.3 is 5.97 Å². The number of likely N-dealkylation sites (tertiary alicyclic amines) is 1. The van der Waals surface area contributed by atoms with Crippen molar-refractivity contribution in [1.29, 1.82) is 0 Å². The Hall–Kier alpha value is -0.320. The van der Waals surface area contributed by atoms with E-state index in [0.29, 0.717) is 12.5 Å². The molecule has 0 saturated carbocycles. The van der Waals surface area contributed by atoms with Gasteiger partial charge in [0.1, 0.15) is 0 Å². The summed E-state index contributed by atoms with van der Waals surface area (Å²) < 4.78 is 5.81. The van der Waals surface area contributed by atoms with Gasteiger partial charge in [-0.3, -0.25) is 4.79 Å². The van der Waals surface area contributed by atoms with Gasteiger partial charge in [0.05, 0.1) is 6.10 Å². The average Bonchev–Trinajstić information content (AvgIpc) is 2.57. The SMILES string of the molecule is CCCOC1CCCN(CCCCC(=O)O)CC1.Cl. The molecule has 0 radical (unpaired) electrons. The highest BCUT2D eigenvalue weighted by atomic mass is 35.5. The standard InChI is InChI=1S/C14H27NO3.ClH/c1-2-12-18-13-6-5-10-15(11-8-13)9-4-3-7-14(16)17;/h13H,2-12H2,1H3,(H,16,17);1H. The molecule has 1 heterocycles. The summed E-state index contributed by atoms with van der Waals surface area (Å²) in [4.78, 5) is 12.9. The van der Waals surface area contributed by atoms with Crippen molar-refractivity contribution in [2.75, 3.05) is 26.2 Å². The van der Waals surface area contributed by atoms with E-state index in [2.05, 4.69) is 11.8 Å². The number of aliphatic carboxylic acids is 1. The van der Waals surface area contributed by atoms with E-state index in [1.807, 2.05) is 0 Å². The Kier molecular flexibility index (Phi) is 11.3. The van der Waals surface area contributed by atoms with Crippen LogP contribution in [0.2, 0.25) is 0 Å². The van der Waals surface area contributed by atoms with Gasteiger partial charge in [-0.1, -0.05) is 6.92 Å². The summed E-state index contributed by atoms with van der Waals surface area (Å²) in [7, 11) is 0. The molecule has 0 aromatic heterocycles. The molecule has 1 aliphatic rings. The molecule has 0 aromatic carbocycles. The third-order valence-corrected chi connectivity index (χ3v) is 3.44. The second-order valence-corrected chi connectivity index (χ2v) is 5.12. The highest BCUT2D eigenvalue weighted by Crippen LogP contribution is 2.15. The number of hydrogen-bond donors (Lipinski definition) is 1. The second-order valence-electron chi connectivity index (χ2n) is 5.12. The molecule has 1 rings (SSSR count). The van der Waals surface area contributed by atoms with Gasteiger partial charge in [-0.2, -0.15) is 0 Å². The summed E-state index contributed by atoms with van der Waals surface area (Å²) in [5.41, 5.74) is 0. The first kappa shape index (κ1) is 18.7. The van der Waals surface area contributed by atoms with Gasteiger partial charge in [0.2, 0.25) is 0 Å². The summed E-state index contributed by atoms with van der Waals surface area (Å²) in [6.45, 7) is 6.29. The molecule has 1 aliphatic heterocycles. The van der Waals surface area contributed by atoms with Crippen LogP contribution >= 0.6 is 12.4 Å². The molecule has 1 fully saturated rings. The Bertz CT molecular complexity index is 239. The van der Waals surface area contributed by atoms with Crippen molar-refractivity contribution in [2.45, 2.75) is 58.0 Å². The largest absolute Gasteiger partial charge is 0.481 e. The van der Waals surface area contributed by atoms with Crippen LogP contribution in [0.15, 0.2) is 0 Å². The third kappa shape index (κ3) is 9.25. The molecule has 0 amide bonds. The minimum Gasteiger partial charge on any atom is -0.481 e. The van der Waals surface area contributed by atoms with Gasteiger partial charge in [-0.15, -0.1) is 12.4 Å². The summed E-state index contributed by atoms with van der Waals surface area (Å²) >= 11 is 0.